The van der Waals surface area contributed by atoms with Crippen LogP contribution in [0.5, 0.6) is 5.75 Å². The first-order valence-electron chi connectivity index (χ1n) is 6.24. The molecule has 0 atom stereocenters. The average Bonchev–Trinajstić information content (AvgIpc) is 2.90. The number of pyridine rings is 1. The first kappa shape index (κ1) is 13.0. The minimum atomic E-state index is 0.771. The summed E-state index contributed by atoms with van der Waals surface area (Å²) in [4.78, 5) is 5.56. The largest absolute Gasteiger partial charge is 0.494 e. The Bertz CT molecular complexity index is 740. The van der Waals surface area contributed by atoms with Crippen LogP contribution in [0.4, 0.5) is 0 Å². The fourth-order valence-electron chi connectivity index (χ4n) is 2.05. The van der Waals surface area contributed by atoms with E-state index >= 15 is 0 Å². The lowest BCUT2D eigenvalue weighted by molar-refractivity contribution is 0.393. The number of aryl methyl sites for hydroxylation is 1. The van der Waals surface area contributed by atoms with Gasteiger partial charge in [0.25, 0.3) is 0 Å². The minimum absolute atomic E-state index is 0.771. The van der Waals surface area contributed by atoms with E-state index in [1.807, 2.05) is 31.2 Å². The van der Waals surface area contributed by atoms with Crippen LogP contribution in [-0.2, 0) is 5.75 Å². The minimum Gasteiger partial charge on any atom is -0.494 e. The molecule has 0 saturated heterocycles. The first-order chi connectivity index (χ1) is 9.78. The van der Waals surface area contributed by atoms with Crippen LogP contribution in [0.1, 0.15) is 11.5 Å². The molecule has 20 heavy (non-hydrogen) atoms. The smallest absolute Gasteiger partial charge is 0.145 e. The second-order valence-corrected chi connectivity index (χ2v) is 5.40. The zero-order valence-corrected chi connectivity index (χ0v) is 12.1. The highest BCUT2D eigenvalue weighted by Gasteiger charge is 2.08. The van der Waals surface area contributed by atoms with Gasteiger partial charge in [0.05, 0.1) is 12.8 Å². The number of aromatic nitrogens is 2. The standard InChI is InChI=1S/C15H14N2O2S/c1-10-8-11(17-19-10)9-20-14-6-7-16-15-12(14)4-3-5-13(15)18-2/h3-8H,9H2,1-2H3. The van der Waals surface area contributed by atoms with Gasteiger partial charge in [-0.15, -0.1) is 11.8 Å². The highest BCUT2D eigenvalue weighted by atomic mass is 32.2. The second-order valence-electron chi connectivity index (χ2n) is 4.38. The van der Waals surface area contributed by atoms with Crippen molar-refractivity contribution >= 4 is 22.7 Å². The van der Waals surface area contributed by atoms with E-state index in [4.69, 9.17) is 9.26 Å². The molecular formula is C15H14N2O2S. The maximum absolute atomic E-state index is 5.35. The summed E-state index contributed by atoms with van der Waals surface area (Å²) >= 11 is 1.72. The lowest BCUT2D eigenvalue weighted by Gasteiger charge is -2.07. The Labute approximate surface area is 121 Å². The summed E-state index contributed by atoms with van der Waals surface area (Å²) in [6.45, 7) is 1.90. The molecule has 4 nitrogen and oxygen atoms in total. The van der Waals surface area contributed by atoms with Crippen molar-refractivity contribution in [2.24, 2.45) is 0 Å². The first-order valence-corrected chi connectivity index (χ1v) is 7.23. The molecule has 0 saturated carbocycles. The fourth-order valence-corrected chi connectivity index (χ4v) is 2.97. The molecule has 2 aromatic heterocycles. The zero-order chi connectivity index (χ0) is 13.9. The average molecular weight is 286 g/mol. The molecule has 0 N–H and O–H groups in total. The molecule has 0 amide bonds. The van der Waals surface area contributed by atoms with Crippen molar-refractivity contribution < 1.29 is 9.26 Å². The summed E-state index contributed by atoms with van der Waals surface area (Å²) in [6.07, 6.45) is 1.81. The van der Waals surface area contributed by atoms with Gasteiger partial charge >= 0.3 is 0 Å². The number of ether oxygens (including phenoxy) is 1. The number of rotatable bonds is 4. The van der Waals surface area contributed by atoms with Crippen LogP contribution < -0.4 is 4.74 Å². The van der Waals surface area contributed by atoms with Gasteiger partial charge in [0, 0.05) is 28.3 Å². The van der Waals surface area contributed by atoms with E-state index in [-0.39, 0.29) is 0 Å². The molecule has 0 fully saturated rings. The van der Waals surface area contributed by atoms with Crippen LogP contribution in [-0.4, -0.2) is 17.3 Å². The molecule has 0 aliphatic heterocycles. The highest BCUT2D eigenvalue weighted by molar-refractivity contribution is 7.98. The lowest BCUT2D eigenvalue weighted by Crippen LogP contribution is -1.89. The predicted octanol–water partition coefficient (Wildman–Crippen LogP) is 3.83. The molecule has 0 spiro atoms. The van der Waals surface area contributed by atoms with Crippen molar-refractivity contribution in [1.82, 2.24) is 10.1 Å². The van der Waals surface area contributed by atoms with Crippen LogP contribution in [0, 0.1) is 6.92 Å². The van der Waals surface area contributed by atoms with Gasteiger partial charge in [-0.25, -0.2) is 0 Å². The Morgan fingerprint density at radius 2 is 2.20 bits per heavy atom. The van der Waals surface area contributed by atoms with Crippen LogP contribution >= 0.6 is 11.8 Å². The molecule has 5 heteroatoms. The Balaban J connectivity index is 1.91. The van der Waals surface area contributed by atoms with Gasteiger partial charge in [0.15, 0.2) is 0 Å². The van der Waals surface area contributed by atoms with Crippen molar-refractivity contribution in [1.29, 1.82) is 0 Å². The van der Waals surface area contributed by atoms with Crippen molar-refractivity contribution in [3.63, 3.8) is 0 Å². The summed E-state index contributed by atoms with van der Waals surface area (Å²) in [5.74, 6) is 2.40. The van der Waals surface area contributed by atoms with Gasteiger partial charge in [-0.2, -0.15) is 0 Å². The summed E-state index contributed by atoms with van der Waals surface area (Å²) in [5, 5.41) is 5.10. The molecule has 2 heterocycles. The van der Waals surface area contributed by atoms with Gasteiger partial charge in [-0.3, -0.25) is 4.98 Å². The molecule has 3 rings (SSSR count). The molecule has 102 valence electrons. The van der Waals surface area contributed by atoms with E-state index in [0.717, 1.165) is 38.8 Å². The number of hydrogen-bond acceptors (Lipinski definition) is 5. The zero-order valence-electron chi connectivity index (χ0n) is 11.3. The van der Waals surface area contributed by atoms with Crippen molar-refractivity contribution in [3.8, 4) is 5.75 Å². The summed E-state index contributed by atoms with van der Waals surface area (Å²) in [7, 11) is 1.66. The fraction of sp³-hybridized carbons (Fsp3) is 0.200. The third-order valence-electron chi connectivity index (χ3n) is 2.97. The quantitative estimate of drug-likeness (QED) is 0.682. The summed E-state index contributed by atoms with van der Waals surface area (Å²) in [6, 6.07) is 9.93. The molecule has 3 aromatic rings. The van der Waals surface area contributed by atoms with E-state index in [0.29, 0.717) is 0 Å². The van der Waals surface area contributed by atoms with Crippen molar-refractivity contribution in [2.45, 2.75) is 17.6 Å². The molecule has 0 unspecified atom stereocenters. The topological polar surface area (TPSA) is 48.2 Å². The Kier molecular flexibility index (Phi) is 3.60. The maximum atomic E-state index is 5.35. The maximum Gasteiger partial charge on any atom is 0.145 e. The molecule has 0 radical (unpaired) electrons. The summed E-state index contributed by atoms with van der Waals surface area (Å²) < 4.78 is 10.4. The van der Waals surface area contributed by atoms with E-state index in [1.54, 1.807) is 25.1 Å². The normalized spacial score (nSPS) is 10.9. The van der Waals surface area contributed by atoms with Crippen LogP contribution in [0.2, 0.25) is 0 Å². The Morgan fingerprint density at radius 1 is 1.30 bits per heavy atom. The number of thioether (sulfide) groups is 1. The Hall–Kier alpha value is -2.01. The second kappa shape index (κ2) is 5.54. The van der Waals surface area contributed by atoms with E-state index in [1.165, 1.54) is 0 Å². The van der Waals surface area contributed by atoms with Crippen molar-refractivity contribution in [3.05, 3.63) is 48.0 Å². The number of nitrogens with zero attached hydrogens (tertiary/aromatic N) is 2. The summed E-state index contributed by atoms with van der Waals surface area (Å²) in [5.41, 5.74) is 1.83. The van der Waals surface area contributed by atoms with E-state index < -0.39 is 0 Å². The molecule has 1 aromatic carbocycles. The highest BCUT2D eigenvalue weighted by Crippen LogP contribution is 2.32. The third kappa shape index (κ3) is 2.49. The van der Waals surface area contributed by atoms with Crippen LogP contribution in [0.3, 0.4) is 0 Å². The van der Waals surface area contributed by atoms with Crippen molar-refractivity contribution in [2.75, 3.05) is 7.11 Å². The Morgan fingerprint density at radius 3 is 2.95 bits per heavy atom. The van der Waals surface area contributed by atoms with E-state index in [9.17, 15) is 0 Å². The number of hydrogen-bond donors (Lipinski definition) is 0. The monoisotopic (exact) mass is 286 g/mol. The molecule has 0 aliphatic rings. The van der Waals surface area contributed by atoms with Crippen LogP contribution in [0.25, 0.3) is 10.9 Å². The number of para-hydroxylation sites is 1. The van der Waals surface area contributed by atoms with Gasteiger partial charge in [-0.1, -0.05) is 17.3 Å². The lowest BCUT2D eigenvalue weighted by atomic mass is 10.2. The number of benzene rings is 1. The molecular weight excluding hydrogens is 272 g/mol. The number of methoxy groups -OCH3 is 1. The van der Waals surface area contributed by atoms with Gasteiger partial charge in [0.2, 0.25) is 0 Å². The van der Waals surface area contributed by atoms with Gasteiger partial charge in [-0.05, 0) is 19.1 Å². The molecule has 0 bridgehead atoms. The van der Waals surface area contributed by atoms with Gasteiger partial charge < -0.3 is 9.26 Å². The van der Waals surface area contributed by atoms with Gasteiger partial charge in [0.1, 0.15) is 17.0 Å². The SMILES string of the molecule is COc1cccc2c(SCc3cc(C)on3)ccnc12. The molecule has 0 aliphatic carbocycles. The van der Waals surface area contributed by atoms with Crippen LogP contribution in [0.15, 0.2) is 45.9 Å². The van der Waals surface area contributed by atoms with E-state index in [2.05, 4.69) is 16.2 Å². The predicted molar refractivity (Wildman–Crippen MR) is 79.1 cm³/mol. The number of fused-ring (bicyclic) bond motifs is 1. The third-order valence-corrected chi connectivity index (χ3v) is 4.07.